The first-order valence-corrected chi connectivity index (χ1v) is 6.57. The maximum absolute atomic E-state index is 12.3. The van der Waals surface area contributed by atoms with Crippen LogP contribution in [-0.2, 0) is 6.42 Å². The molecule has 0 radical (unpaired) electrons. The van der Waals surface area contributed by atoms with Crippen LogP contribution in [0.3, 0.4) is 0 Å². The molecule has 0 fully saturated rings. The van der Waals surface area contributed by atoms with Crippen LogP contribution in [0.15, 0.2) is 36.4 Å². The Morgan fingerprint density at radius 3 is 2.55 bits per heavy atom. The van der Waals surface area contributed by atoms with Gasteiger partial charge in [-0.15, -0.1) is 0 Å². The molecule has 104 valence electrons. The van der Waals surface area contributed by atoms with Gasteiger partial charge in [0.05, 0.1) is 0 Å². The van der Waals surface area contributed by atoms with Gasteiger partial charge in [-0.2, -0.15) is 0 Å². The number of aryl methyl sites for hydroxylation is 2. The van der Waals surface area contributed by atoms with Crippen LogP contribution in [0.5, 0.6) is 0 Å². The zero-order chi connectivity index (χ0) is 14.7. The van der Waals surface area contributed by atoms with Crippen LogP contribution in [0.4, 0.5) is 17.1 Å². The highest BCUT2D eigenvalue weighted by Gasteiger charge is 2.11. The largest absolute Gasteiger partial charge is 0.399 e. The van der Waals surface area contributed by atoms with Gasteiger partial charge < -0.3 is 16.8 Å². The van der Waals surface area contributed by atoms with Crippen LogP contribution in [0, 0.1) is 6.92 Å². The highest BCUT2D eigenvalue weighted by Crippen LogP contribution is 2.25. The van der Waals surface area contributed by atoms with Crippen LogP contribution in [0.2, 0.25) is 0 Å². The van der Waals surface area contributed by atoms with E-state index < -0.39 is 0 Å². The molecule has 4 heteroatoms. The van der Waals surface area contributed by atoms with Crippen molar-refractivity contribution < 1.29 is 4.79 Å². The number of nitrogens with two attached hydrogens (primary N) is 2. The standard InChI is InChI=1S/C16H19N3O/c1-3-11-8-14(18)7-10(2)15(11)19-16(20)12-5-4-6-13(17)9-12/h4-9H,3,17-18H2,1-2H3,(H,19,20). The van der Waals surface area contributed by atoms with Gasteiger partial charge in [0.25, 0.3) is 5.91 Å². The fourth-order valence-corrected chi connectivity index (χ4v) is 2.21. The van der Waals surface area contributed by atoms with E-state index in [9.17, 15) is 4.79 Å². The van der Waals surface area contributed by atoms with Gasteiger partial charge in [0.15, 0.2) is 0 Å². The first kappa shape index (κ1) is 13.9. The molecule has 1 amide bonds. The van der Waals surface area contributed by atoms with Crippen LogP contribution < -0.4 is 16.8 Å². The molecule has 0 atom stereocenters. The van der Waals surface area contributed by atoms with E-state index in [0.29, 0.717) is 16.9 Å². The average molecular weight is 269 g/mol. The second kappa shape index (κ2) is 5.65. The third-order valence-electron chi connectivity index (χ3n) is 3.21. The van der Waals surface area contributed by atoms with Crippen molar-refractivity contribution in [3.05, 3.63) is 53.1 Å². The summed E-state index contributed by atoms with van der Waals surface area (Å²) in [6.07, 6.45) is 0.804. The monoisotopic (exact) mass is 269 g/mol. The summed E-state index contributed by atoms with van der Waals surface area (Å²) in [6.45, 7) is 3.97. The minimum Gasteiger partial charge on any atom is -0.399 e. The second-order valence-corrected chi connectivity index (χ2v) is 4.81. The molecular formula is C16H19N3O. The van der Waals surface area contributed by atoms with Gasteiger partial charge in [-0.3, -0.25) is 4.79 Å². The molecule has 0 saturated heterocycles. The van der Waals surface area contributed by atoms with Crippen LogP contribution in [0.1, 0.15) is 28.4 Å². The number of nitrogens with one attached hydrogen (secondary N) is 1. The number of anilines is 3. The summed E-state index contributed by atoms with van der Waals surface area (Å²) in [6, 6.07) is 10.7. The first-order valence-electron chi connectivity index (χ1n) is 6.57. The number of amides is 1. The summed E-state index contributed by atoms with van der Waals surface area (Å²) in [5.41, 5.74) is 16.2. The first-order chi connectivity index (χ1) is 9.51. The molecule has 0 aliphatic rings. The molecule has 0 aliphatic heterocycles. The molecule has 5 N–H and O–H groups in total. The minimum atomic E-state index is -0.167. The van der Waals surface area contributed by atoms with E-state index in [-0.39, 0.29) is 5.91 Å². The lowest BCUT2D eigenvalue weighted by atomic mass is 10.0. The average Bonchev–Trinajstić information content (AvgIpc) is 2.41. The lowest BCUT2D eigenvalue weighted by Crippen LogP contribution is -2.14. The Bertz CT molecular complexity index is 650. The number of carbonyl (C=O) groups is 1. The summed E-state index contributed by atoms with van der Waals surface area (Å²) >= 11 is 0. The van der Waals surface area contributed by atoms with E-state index in [0.717, 1.165) is 23.2 Å². The zero-order valence-corrected chi connectivity index (χ0v) is 11.7. The Morgan fingerprint density at radius 2 is 1.90 bits per heavy atom. The minimum absolute atomic E-state index is 0.167. The molecule has 2 aromatic rings. The van der Waals surface area contributed by atoms with Gasteiger partial charge in [-0.1, -0.05) is 13.0 Å². The van der Waals surface area contributed by atoms with E-state index in [1.54, 1.807) is 24.3 Å². The van der Waals surface area contributed by atoms with Gasteiger partial charge in [-0.05, 0) is 54.8 Å². The summed E-state index contributed by atoms with van der Waals surface area (Å²) in [4.78, 5) is 12.3. The number of hydrogen-bond acceptors (Lipinski definition) is 3. The normalized spacial score (nSPS) is 10.3. The molecule has 2 rings (SSSR count). The Morgan fingerprint density at radius 1 is 1.15 bits per heavy atom. The SMILES string of the molecule is CCc1cc(N)cc(C)c1NC(=O)c1cccc(N)c1. The van der Waals surface area contributed by atoms with Crippen molar-refractivity contribution in [3.63, 3.8) is 0 Å². The van der Waals surface area contributed by atoms with E-state index in [2.05, 4.69) is 5.32 Å². The van der Waals surface area contributed by atoms with Crippen LogP contribution >= 0.6 is 0 Å². The van der Waals surface area contributed by atoms with Crippen molar-refractivity contribution in [2.24, 2.45) is 0 Å². The predicted molar refractivity (Wildman–Crippen MR) is 83.8 cm³/mol. The summed E-state index contributed by atoms with van der Waals surface area (Å²) < 4.78 is 0. The van der Waals surface area contributed by atoms with Crippen LogP contribution in [-0.4, -0.2) is 5.91 Å². The van der Waals surface area contributed by atoms with Gasteiger partial charge in [0.1, 0.15) is 0 Å². The summed E-state index contributed by atoms with van der Waals surface area (Å²) in [7, 11) is 0. The third kappa shape index (κ3) is 2.91. The molecule has 2 aromatic carbocycles. The number of hydrogen-bond donors (Lipinski definition) is 3. The van der Waals surface area contributed by atoms with E-state index in [1.165, 1.54) is 0 Å². The highest BCUT2D eigenvalue weighted by molar-refractivity contribution is 6.05. The number of nitrogen functional groups attached to an aromatic ring is 2. The van der Waals surface area contributed by atoms with Crippen molar-refractivity contribution in [2.75, 3.05) is 16.8 Å². The Kier molecular flexibility index (Phi) is 3.94. The Balaban J connectivity index is 2.32. The molecule has 0 unspecified atom stereocenters. The molecule has 20 heavy (non-hydrogen) atoms. The topological polar surface area (TPSA) is 81.1 Å². The number of rotatable bonds is 3. The van der Waals surface area contributed by atoms with Gasteiger partial charge in [-0.25, -0.2) is 0 Å². The molecule has 0 bridgehead atoms. The fraction of sp³-hybridized carbons (Fsp3) is 0.188. The quantitative estimate of drug-likeness (QED) is 0.749. The molecule has 0 spiro atoms. The molecule has 0 saturated carbocycles. The lowest BCUT2D eigenvalue weighted by molar-refractivity contribution is 0.102. The van der Waals surface area contributed by atoms with E-state index in [1.807, 2.05) is 26.0 Å². The number of carbonyl (C=O) groups excluding carboxylic acids is 1. The van der Waals surface area contributed by atoms with Crippen molar-refractivity contribution in [2.45, 2.75) is 20.3 Å². The summed E-state index contributed by atoms with van der Waals surface area (Å²) in [5.74, 6) is -0.167. The van der Waals surface area contributed by atoms with Crippen LogP contribution in [0.25, 0.3) is 0 Å². The summed E-state index contributed by atoms with van der Waals surface area (Å²) in [5, 5.41) is 2.95. The lowest BCUT2D eigenvalue weighted by Gasteiger charge is -2.14. The molecule has 0 aliphatic carbocycles. The van der Waals surface area contributed by atoms with Gasteiger partial charge >= 0.3 is 0 Å². The van der Waals surface area contributed by atoms with Crippen molar-refractivity contribution in [1.29, 1.82) is 0 Å². The second-order valence-electron chi connectivity index (χ2n) is 4.81. The van der Waals surface area contributed by atoms with Crippen molar-refractivity contribution >= 4 is 23.0 Å². The predicted octanol–water partition coefficient (Wildman–Crippen LogP) is 2.97. The van der Waals surface area contributed by atoms with E-state index in [4.69, 9.17) is 11.5 Å². The highest BCUT2D eigenvalue weighted by atomic mass is 16.1. The van der Waals surface area contributed by atoms with Gasteiger partial charge in [0.2, 0.25) is 0 Å². The zero-order valence-electron chi connectivity index (χ0n) is 11.7. The van der Waals surface area contributed by atoms with Crippen molar-refractivity contribution in [3.8, 4) is 0 Å². The van der Waals surface area contributed by atoms with Crippen molar-refractivity contribution in [1.82, 2.24) is 0 Å². The maximum atomic E-state index is 12.3. The molecule has 0 aromatic heterocycles. The smallest absolute Gasteiger partial charge is 0.255 e. The van der Waals surface area contributed by atoms with Gasteiger partial charge in [0, 0.05) is 22.6 Å². The van der Waals surface area contributed by atoms with E-state index >= 15 is 0 Å². The Hall–Kier alpha value is -2.49. The fourth-order valence-electron chi connectivity index (χ4n) is 2.21. The number of benzene rings is 2. The molecule has 4 nitrogen and oxygen atoms in total. The third-order valence-corrected chi connectivity index (χ3v) is 3.21. The molecular weight excluding hydrogens is 250 g/mol. The molecule has 0 heterocycles. The Labute approximate surface area is 118 Å². The maximum Gasteiger partial charge on any atom is 0.255 e.